The lowest BCUT2D eigenvalue weighted by molar-refractivity contribution is 0.193. The van der Waals surface area contributed by atoms with Crippen LogP contribution in [0.25, 0.3) is 5.69 Å². The van der Waals surface area contributed by atoms with Gasteiger partial charge in [0.25, 0.3) is 0 Å². The van der Waals surface area contributed by atoms with Gasteiger partial charge in [-0.25, -0.2) is 4.68 Å². The SMILES string of the molecule is S=c1n(CN2CCN(c3ccccc3)CC2)nnn1-c1cccc(Cl)c1. The first-order valence-electron chi connectivity index (χ1n) is 8.52. The molecule has 2 heterocycles. The summed E-state index contributed by atoms with van der Waals surface area (Å²) in [6.45, 7) is 4.53. The van der Waals surface area contributed by atoms with Crippen LogP contribution in [0.15, 0.2) is 54.6 Å². The van der Waals surface area contributed by atoms with Crippen molar-refractivity contribution in [3.8, 4) is 5.69 Å². The van der Waals surface area contributed by atoms with Crippen LogP contribution in [0.5, 0.6) is 0 Å². The summed E-state index contributed by atoms with van der Waals surface area (Å²) in [4.78, 5) is 4.74. The van der Waals surface area contributed by atoms with E-state index in [0.717, 1.165) is 31.9 Å². The highest BCUT2D eigenvalue weighted by atomic mass is 35.5. The third-order valence-corrected chi connectivity index (χ3v) is 5.14. The number of piperazine rings is 1. The summed E-state index contributed by atoms with van der Waals surface area (Å²) in [5, 5.41) is 9.05. The Bertz CT molecular complexity index is 930. The molecule has 0 spiro atoms. The van der Waals surface area contributed by atoms with Crippen LogP contribution in [0, 0.1) is 4.77 Å². The third kappa shape index (κ3) is 3.65. The molecule has 26 heavy (non-hydrogen) atoms. The maximum atomic E-state index is 6.06. The number of aromatic nitrogens is 4. The smallest absolute Gasteiger partial charge is 0.221 e. The molecule has 0 radical (unpaired) electrons. The van der Waals surface area contributed by atoms with E-state index >= 15 is 0 Å². The molecular formula is C18H19ClN6S. The van der Waals surface area contributed by atoms with Gasteiger partial charge in [0, 0.05) is 36.9 Å². The fourth-order valence-electron chi connectivity index (χ4n) is 3.11. The predicted molar refractivity (Wildman–Crippen MR) is 105 cm³/mol. The molecule has 0 atom stereocenters. The Kier molecular flexibility index (Phi) is 5.01. The highest BCUT2D eigenvalue weighted by molar-refractivity contribution is 7.71. The standard InChI is InChI=1S/C18H19ClN6S/c19-15-5-4-8-17(13-15)25-18(26)24(20-21-25)14-22-9-11-23(12-10-22)16-6-2-1-3-7-16/h1-8,13H,9-12,14H2. The van der Waals surface area contributed by atoms with Gasteiger partial charge in [0.05, 0.1) is 12.4 Å². The monoisotopic (exact) mass is 386 g/mol. The molecule has 1 aliphatic heterocycles. The molecule has 0 unspecified atom stereocenters. The maximum Gasteiger partial charge on any atom is 0.221 e. The minimum absolute atomic E-state index is 0.567. The van der Waals surface area contributed by atoms with E-state index in [1.54, 1.807) is 9.36 Å². The molecule has 2 aromatic carbocycles. The van der Waals surface area contributed by atoms with Crippen LogP contribution in [0.2, 0.25) is 5.02 Å². The van der Waals surface area contributed by atoms with Crippen molar-refractivity contribution in [1.82, 2.24) is 24.7 Å². The average molecular weight is 387 g/mol. The number of nitrogens with zero attached hydrogens (tertiary/aromatic N) is 6. The Morgan fingerprint density at radius 3 is 2.35 bits per heavy atom. The molecule has 134 valence electrons. The van der Waals surface area contributed by atoms with Crippen molar-refractivity contribution in [3.63, 3.8) is 0 Å². The molecule has 0 N–H and O–H groups in total. The molecule has 1 aromatic heterocycles. The Labute approximate surface area is 162 Å². The third-order valence-electron chi connectivity index (χ3n) is 4.52. The van der Waals surface area contributed by atoms with Gasteiger partial charge in [-0.05, 0) is 53.0 Å². The maximum absolute atomic E-state index is 6.06. The summed E-state index contributed by atoms with van der Waals surface area (Å²) in [6, 6.07) is 18.0. The van der Waals surface area contributed by atoms with Crippen LogP contribution >= 0.6 is 23.8 Å². The zero-order valence-electron chi connectivity index (χ0n) is 14.2. The minimum Gasteiger partial charge on any atom is -0.369 e. The lowest BCUT2D eigenvalue weighted by Gasteiger charge is -2.35. The fourth-order valence-corrected chi connectivity index (χ4v) is 3.53. The summed E-state index contributed by atoms with van der Waals surface area (Å²) >= 11 is 11.6. The number of rotatable bonds is 4. The van der Waals surface area contributed by atoms with Crippen molar-refractivity contribution < 1.29 is 0 Å². The first-order valence-corrected chi connectivity index (χ1v) is 9.30. The lowest BCUT2D eigenvalue weighted by Crippen LogP contribution is -2.47. The highest BCUT2D eigenvalue weighted by Gasteiger charge is 2.18. The molecule has 0 amide bonds. The summed E-state index contributed by atoms with van der Waals surface area (Å²) in [7, 11) is 0. The normalized spacial score (nSPS) is 15.3. The zero-order chi connectivity index (χ0) is 17.9. The number of para-hydroxylation sites is 1. The van der Waals surface area contributed by atoms with Crippen LogP contribution in [0.1, 0.15) is 0 Å². The zero-order valence-corrected chi connectivity index (χ0v) is 15.8. The molecule has 0 saturated carbocycles. The molecule has 6 nitrogen and oxygen atoms in total. The minimum atomic E-state index is 0.567. The van der Waals surface area contributed by atoms with Crippen molar-refractivity contribution in [1.29, 1.82) is 0 Å². The average Bonchev–Trinajstić information content (AvgIpc) is 3.03. The van der Waals surface area contributed by atoms with Crippen LogP contribution in [-0.4, -0.2) is 50.9 Å². The fraction of sp³-hybridized carbons (Fsp3) is 0.278. The first kappa shape index (κ1) is 17.2. The predicted octanol–water partition coefficient (Wildman–Crippen LogP) is 3.23. The molecule has 8 heteroatoms. The Balaban J connectivity index is 1.42. The van der Waals surface area contributed by atoms with E-state index in [9.17, 15) is 0 Å². The quantitative estimate of drug-likeness (QED) is 0.644. The van der Waals surface area contributed by atoms with Crippen LogP contribution in [-0.2, 0) is 6.67 Å². The van der Waals surface area contributed by atoms with Crippen molar-refractivity contribution in [2.24, 2.45) is 0 Å². The van der Waals surface area contributed by atoms with Gasteiger partial charge in [-0.1, -0.05) is 35.9 Å². The second kappa shape index (κ2) is 7.57. The van der Waals surface area contributed by atoms with Gasteiger partial charge in [0.15, 0.2) is 0 Å². The lowest BCUT2D eigenvalue weighted by atomic mass is 10.2. The van der Waals surface area contributed by atoms with Gasteiger partial charge < -0.3 is 4.90 Å². The van der Waals surface area contributed by atoms with E-state index in [-0.39, 0.29) is 0 Å². The van der Waals surface area contributed by atoms with Crippen molar-refractivity contribution in [2.45, 2.75) is 6.67 Å². The van der Waals surface area contributed by atoms with E-state index in [0.29, 0.717) is 16.5 Å². The second-order valence-electron chi connectivity index (χ2n) is 6.23. The molecule has 4 rings (SSSR count). The van der Waals surface area contributed by atoms with Gasteiger partial charge in [0.1, 0.15) is 0 Å². The molecule has 1 aliphatic rings. The summed E-state index contributed by atoms with van der Waals surface area (Å²) in [6.07, 6.45) is 0. The Morgan fingerprint density at radius 1 is 0.885 bits per heavy atom. The topological polar surface area (TPSA) is 42.1 Å². The Morgan fingerprint density at radius 2 is 1.62 bits per heavy atom. The van der Waals surface area contributed by atoms with E-state index in [1.165, 1.54) is 5.69 Å². The van der Waals surface area contributed by atoms with Gasteiger partial charge in [0.2, 0.25) is 4.77 Å². The molecular weight excluding hydrogens is 368 g/mol. The van der Waals surface area contributed by atoms with Crippen LogP contribution < -0.4 is 4.90 Å². The van der Waals surface area contributed by atoms with Gasteiger partial charge >= 0.3 is 0 Å². The number of hydrogen-bond acceptors (Lipinski definition) is 5. The summed E-state index contributed by atoms with van der Waals surface area (Å²) in [5.41, 5.74) is 2.10. The van der Waals surface area contributed by atoms with E-state index in [1.807, 2.05) is 30.3 Å². The summed E-state index contributed by atoms with van der Waals surface area (Å²) in [5.74, 6) is 0. The van der Waals surface area contributed by atoms with Gasteiger partial charge in [-0.15, -0.1) is 0 Å². The highest BCUT2D eigenvalue weighted by Crippen LogP contribution is 2.17. The van der Waals surface area contributed by atoms with Gasteiger partial charge in [-0.2, -0.15) is 4.68 Å². The molecule has 1 fully saturated rings. The second-order valence-corrected chi connectivity index (χ2v) is 7.04. The summed E-state index contributed by atoms with van der Waals surface area (Å²) < 4.78 is 3.97. The number of anilines is 1. The van der Waals surface area contributed by atoms with Crippen LogP contribution in [0.3, 0.4) is 0 Å². The van der Waals surface area contributed by atoms with E-state index in [2.05, 4.69) is 44.5 Å². The molecule has 0 bridgehead atoms. The first-order chi connectivity index (χ1) is 12.7. The molecule has 1 saturated heterocycles. The Hall–Kier alpha value is -2.22. The van der Waals surface area contributed by atoms with Crippen LogP contribution in [0.4, 0.5) is 5.69 Å². The van der Waals surface area contributed by atoms with Crippen molar-refractivity contribution >= 4 is 29.5 Å². The number of hydrogen-bond donors (Lipinski definition) is 0. The largest absolute Gasteiger partial charge is 0.369 e. The van der Waals surface area contributed by atoms with E-state index < -0.39 is 0 Å². The van der Waals surface area contributed by atoms with E-state index in [4.69, 9.17) is 23.8 Å². The van der Waals surface area contributed by atoms with Crippen molar-refractivity contribution in [2.75, 3.05) is 31.1 Å². The van der Waals surface area contributed by atoms with Gasteiger partial charge in [-0.3, -0.25) is 4.90 Å². The molecule has 3 aromatic rings. The number of tetrazole rings is 1. The van der Waals surface area contributed by atoms with Crippen molar-refractivity contribution in [3.05, 3.63) is 64.4 Å². The number of benzene rings is 2. The number of halogens is 1. The molecule has 0 aliphatic carbocycles.